The van der Waals surface area contributed by atoms with Crippen molar-refractivity contribution >= 4 is 39.2 Å². The van der Waals surface area contributed by atoms with Gasteiger partial charge in [0.25, 0.3) is 0 Å². The lowest BCUT2D eigenvalue weighted by molar-refractivity contribution is 0.317. The summed E-state index contributed by atoms with van der Waals surface area (Å²) in [7, 11) is -3.14. The highest BCUT2D eigenvalue weighted by Crippen LogP contribution is 2.56. The molecule has 0 aliphatic rings. The fourth-order valence-electron chi connectivity index (χ4n) is 1.35. The van der Waals surface area contributed by atoms with Gasteiger partial charge in [-0.25, -0.2) is 0 Å². The molecule has 0 spiro atoms. The zero-order valence-corrected chi connectivity index (χ0v) is 13.9. The molecule has 0 bridgehead atoms. The van der Waals surface area contributed by atoms with Crippen LogP contribution in [0.3, 0.4) is 0 Å². The van der Waals surface area contributed by atoms with Crippen LogP contribution in [-0.4, -0.2) is 18.2 Å². The largest absolute Gasteiger partial charge is 0.327 e. The van der Waals surface area contributed by atoms with Gasteiger partial charge in [-0.3, -0.25) is 4.57 Å². The van der Waals surface area contributed by atoms with Gasteiger partial charge in [0.05, 0.1) is 18.2 Å². The second-order valence-corrected chi connectivity index (χ2v) is 8.76. The van der Waals surface area contributed by atoms with E-state index in [9.17, 15) is 4.57 Å². The minimum Gasteiger partial charge on any atom is -0.327 e. The molecule has 0 radical (unpaired) electrons. The smallest absolute Gasteiger partial charge is 0.236 e. The van der Waals surface area contributed by atoms with Crippen molar-refractivity contribution in [2.24, 2.45) is 11.5 Å². The van der Waals surface area contributed by atoms with Crippen LogP contribution in [0, 0.1) is 0 Å². The lowest BCUT2D eigenvalue weighted by Crippen LogP contribution is -2.32. The van der Waals surface area contributed by atoms with Crippen LogP contribution in [-0.2, 0) is 9.09 Å². The van der Waals surface area contributed by atoms with E-state index in [4.69, 9.17) is 16.0 Å². The first-order valence-electron chi connectivity index (χ1n) is 5.15. The third kappa shape index (κ3) is 5.81. The molecule has 100 valence electrons. The zero-order chi connectivity index (χ0) is 13.6. The Kier molecular flexibility index (Phi) is 8.12. The number of halogens is 2. The van der Waals surface area contributed by atoms with Crippen molar-refractivity contribution in [3.63, 3.8) is 0 Å². The predicted octanol–water partition coefficient (Wildman–Crippen LogP) is 3.47. The van der Waals surface area contributed by atoms with Gasteiger partial charge in [0.15, 0.2) is 0 Å². The average Bonchev–Trinajstić information content (AvgIpc) is 2.15. The third-order valence-corrected chi connectivity index (χ3v) is 5.64. The van der Waals surface area contributed by atoms with Crippen LogP contribution in [0.25, 0.3) is 0 Å². The molecule has 0 aromatic rings. The normalized spacial score (nSPS) is 18.2. The first-order chi connectivity index (χ1) is 7.74. The summed E-state index contributed by atoms with van der Waals surface area (Å²) in [6.07, 6.45) is 0.722. The van der Waals surface area contributed by atoms with E-state index in [1.54, 1.807) is 6.92 Å². The molecule has 17 heavy (non-hydrogen) atoms. The van der Waals surface area contributed by atoms with Crippen molar-refractivity contribution in [2.75, 3.05) is 6.61 Å². The summed E-state index contributed by atoms with van der Waals surface area (Å²) in [5, 5.41) is 0. The molecule has 0 heterocycles. The van der Waals surface area contributed by atoms with Crippen LogP contribution in [0.5, 0.6) is 0 Å². The van der Waals surface area contributed by atoms with Gasteiger partial charge in [-0.1, -0.05) is 45.0 Å². The number of hydrogen-bond donors (Lipinski definition) is 2. The maximum Gasteiger partial charge on any atom is 0.236 e. The molecular formula is C10H19Br2N2O2P. The standard InChI is InChI=1S/C10H19Br2N2O2P/c1-4-16-17(15,9(13)5-7(2)11)10(14)6-8(3)12/h9-10H,2-6,13-14H2,1H3. The highest BCUT2D eigenvalue weighted by molar-refractivity contribution is 9.12. The topological polar surface area (TPSA) is 78.3 Å². The molecule has 0 rings (SSSR count). The Balaban J connectivity index is 4.93. The Morgan fingerprint density at radius 1 is 1.24 bits per heavy atom. The highest BCUT2D eigenvalue weighted by Gasteiger charge is 2.37. The van der Waals surface area contributed by atoms with E-state index in [1.165, 1.54) is 0 Å². The minimum absolute atomic E-state index is 0.308. The molecule has 0 fully saturated rings. The van der Waals surface area contributed by atoms with Gasteiger partial charge in [-0.15, -0.1) is 0 Å². The number of nitrogens with two attached hydrogens (primary N) is 2. The quantitative estimate of drug-likeness (QED) is 0.623. The number of rotatable bonds is 8. The Bertz CT molecular complexity index is 310. The predicted molar refractivity (Wildman–Crippen MR) is 80.6 cm³/mol. The first-order valence-corrected chi connectivity index (χ1v) is 8.50. The van der Waals surface area contributed by atoms with Crippen molar-refractivity contribution in [1.82, 2.24) is 0 Å². The molecule has 0 saturated heterocycles. The lowest BCUT2D eigenvalue weighted by atomic mass is 10.4. The van der Waals surface area contributed by atoms with Crippen LogP contribution in [0.1, 0.15) is 19.8 Å². The monoisotopic (exact) mass is 388 g/mol. The van der Waals surface area contributed by atoms with Crippen molar-refractivity contribution in [2.45, 2.75) is 31.3 Å². The Hall–Kier alpha value is 0.550. The highest BCUT2D eigenvalue weighted by atomic mass is 79.9. The van der Waals surface area contributed by atoms with E-state index in [0.717, 1.165) is 0 Å². The first kappa shape index (κ1) is 17.6. The van der Waals surface area contributed by atoms with Crippen LogP contribution >= 0.6 is 39.2 Å². The lowest BCUT2D eigenvalue weighted by Gasteiger charge is -2.29. The van der Waals surface area contributed by atoms with E-state index in [0.29, 0.717) is 28.4 Å². The molecule has 7 heteroatoms. The van der Waals surface area contributed by atoms with Crippen LogP contribution in [0.2, 0.25) is 0 Å². The average molecular weight is 390 g/mol. The van der Waals surface area contributed by atoms with Crippen LogP contribution < -0.4 is 11.5 Å². The van der Waals surface area contributed by atoms with Gasteiger partial charge in [0.2, 0.25) is 7.37 Å². The molecular weight excluding hydrogens is 371 g/mol. The van der Waals surface area contributed by atoms with Crippen LogP contribution in [0.4, 0.5) is 0 Å². The Morgan fingerprint density at radius 2 is 1.59 bits per heavy atom. The SMILES string of the molecule is C=C(Br)CC(N)P(=O)(OCC)C(N)CC(=C)Br. The minimum atomic E-state index is -3.14. The summed E-state index contributed by atoms with van der Waals surface area (Å²) < 4.78 is 19.4. The van der Waals surface area contributed by atoms with E-state index in [1.807, 2.05) is 0 Å². The van der Waals surface area contributed by atoms with E-state index < -0.39 is 18.9 Å². The van der Waals surface area contributed by atoms with Crippen molar-refractivity contribution in [1.29, 1.82) is 0 Å². The van der Waals surface area contributed by atoms with Gasteiger partial charge in [-0.2, -0.15) is 0 Å². The molecule has 0 aliphatic carbocycles. The van der Waals surface area contributed by atoms with Gasteiger partial charge in [0, 0.05) is 12.8 Å². The summed E-state index contributed by atoms with van der Waals surface area (Å²) in [4.78, 5) is 0. The fourth-order valence-corrected chi connectivity index (χ4v) is 4.77. The van der Waals surface area contributed by atoms with Crippen molar-refractivity contribution < 1.29 is 9.09 Å². The molecule has 2 unspecified atom stereocenters. The van der Waals surface area contributed by atoms with Gasteiger partial charge < -0.3 is 16.0 Å². The Morgan fingerprint density at radius 3 is 1.82 bits per heavy atom. The Labute approximate surface area is 120 Å². The summed E-state index contributed by atoms with van der Waals surface area (Å²) >= 11 is 6.40. The molecule has 2 atom stereocenters. The fraction of sp³-hybridized carbons (Fsp3) is 0.600. The van der Waals surface area contributed by atoms with E-state index >= 15 is 0 Å². The molecule has 0 aromatic carbocycles. The zero-order valence-electron chi connectivity index (χ0n) is 9.86. The summed E-state index contributed by atoms with van der Waals surface area (Å²) in [5.41, 5.74) is 11.8. The maximum absolute atomic E-state index is 12.7. The van der Waals surface area contributed by atoms with Crippen molar-refractivity contribution in [3.8, 4) is 0 Å². The summed E-state index contributed by atoms with van der Waals surface area (Å²) in [5.74, 6) is -1.31. The molecule has 4 nitrogen and oxygen atoms in total. The van der Waals surface area contributed by atoms with Gasteiger partial charge in [0.1, 0.15) is 0 Å². The third-order valence-electron chi connectivity index (χ3n) is 2.12. The van der Waals surface area contributed by atoms with Crippen LogP contribution in [0.15, 0.2) is 22.1 Å². The number of hydrogen-bond acceptors (Lipinski definition) is 4. The van der Waals surface area contributed by atoms with Gasteiger partial charge in [-0.05, 0) is 15.9 Å². The summed E-state index contributed by atoms with van der Waals surface area (Å²) in [6, 6.07) is 0. The molecule has 0 aliphatic heterocycles. The maximum atomic E-state index is 12.7. The molecule has 0 saturated carbocycles. The van der Waals surface area contributed by atoms with E-state index in [2.05, 4.69) is 45.0 Å². The van der Waals surface area contributed by atoms with Crippen molar-refractivity contribution in [3.05, 3.63) is 22.1 Å². The second kappa shape index (κ2) is 7.87. The summed E-state index contributed by atoms with van der Waals surface area (Å²) in [6.45, 7) is 9.43. The molecule has 0 amide bonds. The second-order valence-electron chi connectivity index (χ2n) is 3.64. The van der Waals surface area contributed by atoms with Gasteiger partial charge >= 0.3 is 0 Å². The molecule has 4 N–H and O–H groups in total. The van der Waals surface area contributed by atoms with E-state index in [-0.39, 0.29) is 0 Å². The molecule has 0 aromatic heterocycles.